The Morgan fingerprint density at radius 1 is 1.06 bits per heavy atom. The Labute approximate surface area is 203 Å². The summed E-state index contributed by atoms with van der Waals surface area (Å²) >= 11 is 0. The van der Waals surface area contributed by atoms with Gasteiger partial charge in [0.05, 0.1) is 37.5 Å². The molecule has 182 valence electrons. The van der Waals surface area contributed by atoms with Gasteiger partial charge in [-0.15, -0.1) is 0 Å². The fraction of sp³-hybridized carbons (Fsp3) is 0.308. The number of rotatable bonds is 7. The van der Waals surface area contributed by atoms with E-state index in [-0.39, 0.29) is 12.5 Å². The van der Waals surface area contributed by atoms with E-state index in [1.807, 2.05) is 45.9 Å². The van der Waals surface area contributed by atoms with Crippen molar-refractivity contribution in [2.75, 3.05) is 19.5 Å². The third kappa shape index (κ3) is 4.62. The van der Waals surface area contributed by atoms with Crippen molar-refractivity contribution in [3.05, 3.63) is 69.8 Å². The molecule has 2 aromatic heterocycles. The maximum Gasteiger partial charge on any atom is 0.293 e. The van der Waals surface area contributed by atoms with Crippen molar-refractivity contribution in [1.82, 2.24) is 19.6 Å². The van der Waals surface area contributed by atoms with Crippen LogP contribution < -0.4 is 20.3 Å². The van der Waals surface area contributed by atoms with Crippen molar-refractivity contribution in [1.29, 1.82) is 0 Å². The molecule has 35 heavy (non-hydrogen) atoms. The number of nitrogens with one attached hydrogen (secondary N) is 1. The monoisotopic (exact) mass is 475 g/mol. The van der Waals surface area contributed by atoms with Gasteiger partial charge in [-0.2, -0.15) is 10.2 Å². The number of benzene rings is 2. The Bertz CT molecular complexity index is 1470. The lowest BCUT2D eigenvalue weighted by molar-refractivity contribution is -0.117. The molecular weight excluding hydrogens is 446 g/mol. The Morgan fingerprint density at radius 2 is 1.83 bits per heavy atom. The lowest BCUT2D eigenvalue weighted by Crippen LogP contribution is -2.31. The van der Waals surface area contributed by atoms with Gasteiger partial charge in [-0.3, -0.25) is 9.59 Å². The van der Waals surface area contributed by atoms with E-state index in [4.69, 9.17) is 9.47 Å². The fourth-order valence-electron chi connectivity index (χ4n) is 3.92. The molecule has 0 aliphatic carbocycles. The van der Waals surface area contributed by atoms with E-state index < -0.39 is 11.5 Å². The number of aryl methyl sites for hydroxylation is 2. The Balaban J connectivity index is 1.77. The van der Waals surface area contributed by atoms with Crippen LogP contribution in [-0.4, -0.2) is 39.7 Å². The minimum absolute atomic E-state index is 0.0169. The predicted octanol–water partition coefficient (Wildman–Crippen LogP) is 3.98. The van der Waals surface area contributed by atoms with Crippen molar-refractivity contribution in [3.63, 3.8) is 0 Å². The van der Waals surface area contributed by atoms with E-state index in [0.29, 0.717) is 33.8 Å². The topological polar surface area (TPSA) is 100 Å². The van der Waals surface area contributed by atoms with Crippen LogP contribution in [-0.2, 0) is 11.3 Å². The van der Waals surface area contributed by atoms with Gasteiger partial charge in [0.2, 0.25) is 5.91 Å². The number of hydrogen-bond donors (Lipinski definition) is 1. The molecule has 0 bridgehead atoms. The molecule has 9 heteroatoms. The second-order valence-corrected chi connectivity index (χ2v) is 8.70. The van der Waals surface area contributed by atoms with E-state index in [9.17, 15) is 9.59 Å². The zero-order valence-electron chi connectivity index (χ0n) is 20.7. The Hall–Kier alpha value is -4.14. The summed E-state index contributed by atoms with van der Waals surface area (Å²) in [5.74, 6) is 0.642. The second kappa shape index (κ2) is 9.61. The molecule has 0 saturated heterocycles. The molecule has 2 aromatic carbocycles. The number of anilines is 1. The standard InChI is InChI=1S/C26H29N5O4/c1-15(2)24-20-13-27-31(18-8-7-16(3)17(4)11-18)25(20)26(33)30(29-24)14-23(32)28-21-12-19(34-5)9-10-22(21)35-6/h7-13,15H,14H2,1-6H3,(H,28,32). The number of ether oxygens (including phenoxy) is 2. The lowest BCUT2D eigenvalue weighted by atomic mass is 10.1. The van der Waals surface area contributed by atoms with Gasteiger partial charge in [-0.25, -0.2) is 9.36 Å². The number of hydrogen-bond acceptors (Lipinski definition) is 6. The number of methoxy groups -OCH3 is 2. The summed E-state index contributed by atoms with van der Waals surface area (Å²) in [6, 6.07) is 11.0. The summed E-state index contributed by atoms with van der Waals surface area (Å²) in [4.78, 5) is 26.5. The van der Waals surface area contributed by atoms with Gasteiger partial charge in [0.15, 0.2) is 0 Å². The van der Waals surface area contributed by atoms with E-state index in [1.165, 1.54) is 18.9 Å². The number of aromatic nitrogens is 4. The quantitative estimate of drug-likeness (QED) is 0.434. The minimum atomic E-state index is -0.419. The third-order valence-corrected chi connectivity index (χ3v) is 5.97. The first kappa shape index (κ1) is 24.0. The predicted molar refractivity (Wildman–Crippen MR) is 135 cm³/mol. The van der Waals surface area contributed by atoms with Crippen LogP contribution in [0.4, 0.5) is 5.69 Å². The maximum absolute atomic E-state index is 13.5. The van der Waals surface area contributed by atoms with Gasteiger partial charge in [0.1, 0.15) is 23.6 Å². The number of fused-ring (bicyclic) bond motifs is 1. The molecule has 0 spiro atoms. The molecule has 2 heterocycles. The van der Waals surface area contributed by atoms with Gasteiger partial charge >= 0.3 is 0 Å². The molecule has 1 amide bonds. The molecule has 0 aliphatic heterocycles. The lowest BCUT2D eigenvalue weighted by Gasteiger charge is -2.14. The molecule has 0 saturated carbocycles. The van der Waals surface area contributed by atoms with Gasteiger partial charge in [-0.1, -0.05) is 19.9 Å². The summed E-state index contributed by atoms with van der Waals surface area (Å²) < 4.78 is 13.4. The average Bonchev–Trinajstić information content (AvgIpc) is 3.27. The summed E-state index contributed by atoms with van der Waals surface area (Å²) in [6.45, 7) is 7.76. The smallest absolute Gasteiger partial charge is 0.293 e. The normalized spacial score (nSPS) is 11.2. The molecule has 0 unspecified atom stereocenters. The van der Waals surface area contributed by atoms with Gasteiger partial charge < -0.3 is 14.8 Å². The van der Waals surface area contributed by atoms with Gasteiger partial charge in [-0.05, 0) is 55.2 Å². The first-order chi connectivity index (χ1) is 16.7. The van der Waals surface area contributed by atoms with Crippen molar-refractivity contribution in [2.45, 2.75) is 40.2 Å². The molecule has 1 N–H and O–H groups in total. The Morgan fingerprint density at radius 3 is 2.49 bits per heavy atom. The zero-order valence-corrected chi connectivity index (χ0v) is 20.7. The van der Waals surface area contributed by atoms with Crippen molar-refractivity contribution in [3.8, 4) is 17.2 Å². The molecule has 0 atom stereocenters. The summed E-state index contributed by atoms with van der Waals surface area (Å²) in [6.07, 6.45) is 1.67. The van der Waals surface area contributed by atoms with Crippen LogP contribution in [0, 0.1) is 13.8 Å². The molecule has 4 rings (SSSR count). The minimum Gasteiger partial charge on any atom is -0.497 e. The highest BCUT2D eigenvalue weighted by atomic mass is 16.5. The highest BCUT2D eigenvalue weighted by molar-refractivity contribution is 5.92. The summed E-state index contributed by atoms with van der Waals surface area (Å²) in [5.41, 5.74) is 4.15. The zero-order chi connectivity index (χ0) is 25.3. The second-order valence-electron chi connectivity index (χ2n) is 8.70. The fourth-order valence-corrected chi connectivity index (χ4v) is 3.92. The van der Waals surface area contributed by atoms with Crippen LogP contribution in [0.15, 0.2) is 47.4 Å². The highest BCUT2D eigenvalue weighted by Crippen LogP contribution is 2.29. The number of carbonyl (C=O) groups excluding carboxylic acids is 1. The van der Waals surface area contributed by atoms with E-state index >= 15 is 0 Å². The van der Waals surface area contributed by atoms with Crippen LogP contribution in [0.1, 0.15) is 36.6 Å². The van der Waals surface area contributed by atoms with Crippen LogP contribution >= 0.6 is 0 Å². The average molecular weight is 476 g/mol. The first-order valence-electron chi connectivity index (χ1n) is 11.3. The van der Waals surface area contributed by atoms with Gasteiger partial charge in [0.25, 0.3) is 5.56 Å². The van der Waals surface area contributed by atoms with Gasteiger partial charge in [0, 0.05) is 11.5 Å². The van der Waals surface area contributed by atoms with Crippen LogP contribution in [0.3, 0.4) is 0 Å². The largest absolute Gasteiger partial charge is 0.497 e. The maximum atomic E-state index is 13.5. The molecule has 4 aromatic rings. The number of amides is 1. The summed E-state index contributed by atoms with van der Waals surface area (Å²) in [7, 11) is 3.05. The summed E-state index contributed by atoms with van der Waals surface area (Å²) in [5, 5.41) is 12.5. The SMILES string of the molecule is COc1ccc(OC)c(NC(=O)Cn2nc(C(C)C)c3cnn(-c4ccc(C)c(C)c4)c3c2=O)c1. The molecule has 0 radical (unpaired) electrons. The van der Waals surface area contributed by atoms with Crippen LogP contribution in [0.25, 0.3) is 16.6 Å². The molecule has 9 nitrogen and oxygen atoms in total. The first-order valence-corrected chi connectivity index (χ1v) is 11.3. The number of nitrogens with zero attached hydrogens (tertiary/aromatic N) is 4. The highest BCUT2D eigenvalue weighted by Gasteiger charge is 2.20. The molecule has 0 aliphatic rings. The van der Waals surface area contributed by atoms with Crippen molar-refractivity contribution >= 4 is 22.5 Å². The van der Waals surface area contributed by atoms with Crippen molar-refractivity contribution < 1.29 is 14.3 Å². The van der Waals surface area contributed by atoms with E-state index in [0.717, 1.165) is 16.8 Å². The van der Waals surface area contributed by atoms with Crippen LogP contribution in [0.2, 0.25) is 0 Å². The molecule has 0 fully saturated rings. The Kier molecular flexibility index (Phi) is 6.59. The number of carbonyl (C=O) groups is 1. The third-order valence-electron chi connectivity index (χ3n) is 5.97. The van der Waals surface area contributed by atoms with Crippen molar-refractivity contribution in [2.24, 2.45) is 0 Å². The van der Waals surface area contributed by atoms with Crippen LogP contribution in [0.5, 0.6) is 11.5 Å². The molecular formula is C26H29N5O4. The van der Waals surface area contributed by atoms with E-state index in [1.54, 1.807) is 29.1 Å². The van der Waals surface area contributed by atoms with E-state index in [2.05, 4.69) is 15.5 Å².